The molecule has 0 bridgehead atoms. The third kappa shape index (κ3) is 3.24. The van der Waals surface area contributed by atoms with Gasteiger partial charge in [0.15, 0.2) is 6.10 Å². The lowest BCUT2D eigenvalue weighted by Crippen LogP contribution is -2.50. The molecule has 2 heterocycles. The Hall–Kier alpha value is -1.28. The average Bonchev–Trinajstić information content (AvgIpc) is 2.95. The Bertz CT molecular complexity index is 489. The van der Waals surface area contributed by atoms with Gasteiger partial charge in [0.05, 0.1) is 11.0 Å². The molecule has 1 saturated heterocycles. The lowest BCUT2D eigenvalue weighted by molar-refractivity contribution is -0.216. The molecule has 2 rings (SSSR count). The number of carbonyl (C=O) groups excluding carboxylic acids is 1. The number of hydrogen-bond donors (Lipinski definition) is 2. The number of nitrogens with one attached hydrogen (secondary N) is 1. The van der Waals surface area contributed by atoms with Gasteiger partial charge >= 0.3 is 12.2 Å². The molecule has 0 saturated carbocycles. The second-order valence-corrected chi connectivity index (χ2v) is 6.02. The number of rotatable bonds is 2. The van der Waals surface area contributed by atoms with Crippen LogP contribution in [-0.4, -0.2) is 40.9 Å². The lowest BCUT2D eigenvalue weighted by Gasteiger charge is -2.29. The number of thiophene rings is 1. The number of aliphatic hydroxyl groups is 1. The molecule has 0 aromatic carbocycles. The molecule has 20 heavy (non-hydrogen) atoms. The van der Waals surface area contributed by atoms with Crippen LogP contribution in [0.5, 0.6) is 0 Å². The van der Waals surface area contributed by atoms with Crippen molar-refractivity contribution in [2.75, 3.05) is 11.9 Å². The van der Waals surface area contributed by atoms with Crippen molar-refractivity contribution in [2.24, 2.45) is 0 Å². The number of anilines is 1. The maximum absolute atomic E-state index is 12.6. The fourth-order valence-electron chi connectivity index (χ4n) is 2.27. The van der Waals surface area contributed by atoms with Crippen molar-refractivity contribution in [1.29, 1.82) is 0 Å². The molecule has 0 unspecified atom stereocenters. The summed E-state index contributed by atoms with van der Waals surface area (Å²) < 4.78 is 37.7. The molecule has 1 aromatic heterocycles. The number of urea groups is 1. The van der Waals surface area contributed by atoms with Gasteiger partial charge in [-0.05, 0) is 31.9 Å². The standard InChI is InChI=1S/C12H15F3N2O2S/c1-7-4-5-9(20-7)16-11(19)17-6-2-3-8(17)10(18)12(13,14)15/h4-5,8,10,18H,2-3,6H2,1H3,(H,16,19)/t8-,10+/m0/s1. The number of aryl methyl sites for hydroxylation is 1. The van der Waals surface area contributed by atoms with Crippen LogP contribution in [0.4, 0.5) is 23.0 Å². The van der Waals surface area contributed by atoms with Gasteiger partial charge in [-0.1, -0.05) is 0 Å². The molecule has 1 aliphatic rings. The van der Waals surface area contributed by atoms with E-state index in [1.165, 1.54) is 11.3 Å². The number of amides is 2. The number of carbonyl (C=O) groups is 1. The van der Waals surface area contributed by atoms with Gasteiger partial charge < -0.3 is 10.0 Å². The van der Waals surface area contributed by atoms with Crippen molar-refractivity contribution in [3.63, 3.8) is 0 Å². The smallest absolute Gasteiger partial charge is 0.382 e. The minimum absolute atomic E-state index is 0.150. The summed E-state index contributed by atoms with van der Waals surface area (Å²) >= 11 is 1.35. The minimum atomic E-state index is -4.72. The predicted octanol–water partition coefficient (Wildman–Crippen LogP) is 2.98. The molecule has 4 nitrogen and oxygen atoms in total. The van der Waals surface area contributed by atoms with Gasteiger partial charge in [-0.3, -0.25) is 5.32 Å². The van der Waals surface area contributed by atoms with Crippen molar-refractivity contribution in [3.05, 3.63) is 17.0 Å². The van der Waals surface area contributed by atoms with Crippen LogP contribution in [0.1, 0.15) is 17.7 Å². The van der Waals surface area contributed by atoms with Crippen LogP contribution in [0.2, 0.25) is 0 Å². The van der Waals surface area contributed by atoms with Crippen molar-refractivity contribution in [2.45, 2.75) is 38.1 Å². The molecule has 0 spiro atoms. The molecule has 1 fully saturated rings. The van der Waals surface area contributed by atoms with Crippen LogP contribution in [0.3, 0.4) is 0 Å². The fourth-order valence-corrected chi connectivity index (χ4v) is 3.03. The van der Waals surface area contributed by atoms with Gasteiger partial charge in [-0.15, -0.1) is 11.3 Å². The third-order valence-corrected chi connectivity index (χ3v) is 4.15. The lowest BCUT2D eigenvalue weighted by atomic mass is 10.1. The summed E-state index contributed by atoms with van der Waals surface area (Å²) in [7, 11) is 0. The predicted molar refractivity (Wildman–Crippen MR) is 69.9 cm³/mol. The molecule has 1 aromatic rings. The van der Waals surface area contributed by atoms with Gasteiger partial charge in [0, 0.05) is 11.4 Å². The summed E-state index contributed by atoms with van der Waals surface area (Å²) in [6, 6.07) is 1.70. The first-order valence-corrected chi connectivity index (χ1v) is 6.99. The van der Waals surface area contributed by atoms with Crippen molar-refractivity contribution in [3.8, 4) is 0 Å². The van der Waals surface area contributed by atoms with Crippen LogP contribution in [-0.2, 0) is 0 Å². The molecular formula is C12H15F3N2O2S. The third-order valence-electron chi connectivity index (χ3n) is 3.23. The molecule has 2 N–H and O–H groups in total. The SMILES string of the molecule is Cc1ccc(NC(=O)N2CCC[C@H]2[C@@H](O)C(F)(F)F)s1. The molecule has 1 aliphatic heterocycles. The normalized spacial score (nSPS) is 21.1. The second-order valence-electron chi connectivity index (χ2n) is 4.73. The summed E-state index contributed by atoms with van der Waals surface area (Å²) in [5.74, 6) is 0. The van der Waals surface area contributed by atoms with Crippen LogP contribution in [0, 0.1) is 6.92 Å². The van der Waals surface area contributed by atoms with Crippen LogP contribution in [0.25, 0.3) is 0 Å². The average molecular weight is 308 g/mol. The van der Waals surface area contributed by atoms with Gasteiger partial charge in [0.1, 0.15) is 0 Å². The Kier molecular flexibility index (Phi) is 4.24. The van der Waals surface area contributed by atoms with E-state index in [0.29, 0.717) is 11.4 Å². The van der Waals surface area contributed by atoms with Gasteiger partial charge in [-0.25, -0.2) is 4.79 Å². The first-order valence-electron chi connectivity index (χ1n) is 6.18. The topological polar surface area (TPSA) is 52.6 Å². The Morgan fingerprint density at radius 2 is 2.25 bits per heavy atom. The summed E-state index contributed by atoms with van der Waals surface area (Å²) in [5, 5.41) is 12.5. The monoisotopic (exact) mass is 308 g/mol. The Labute approximate surface area is 118 Å². The van der Waals surface area contributed by atoms with Crippen molar-refractivity contribution < 1.29 is 23.1 Å². The molecule has 0 radical (unpaired) electrons. The Morgan fingerprint density at radius 3 is 2.80 bits per heavy atom. The van der Waals surface area contributed by atoms with Crippen LogP contribution < -0.4 is 5.32 Å². The zero-order valence-electron chi connectivity index (χ0n) is 10.8. The first kappa shape index (κ1) is 15.1. The fraction of sp³-hybridized carbons (Fsp3) is 0.583. The molecule has 2 amide bonds. The Balaban J connectivity index is 2.05. The highest BCUT2D eigenvalue weighted by atomic mass is 32.1. The quantitative estimate of drug-likeness (QED) is 0.882. The largest absolute Gasteiger partial charge is 0.416 e. The van der Waals surface area contributed by atoms with E-state index < -0.39 is 24.4 Å². The number of likely N-dealkylation sites (tertiary alicyclic amines) is 1. The molecule has 0 aliphatic carbocycles. The summed E-state index contributed by atoms with van der Waals surface area (Å²) in [6.45, 7) is 2.08. The van der Waals surface area contributed by atoms with E-state index in [-0.39, 0.29) is 13.0 Å². The highest BCUT2D eigenvalue weighted by molar-refractivity contribution is 7.16. The second kappa shape index (κ2) is 5.61. The highest BCUT2D eigenvalue weighted by Gasteiger charge is 2.48. The van der Waals surface area contributed by atoms with Crippen molar-refractivity contribution in [1.82, 2.24) is 4.90 Å². The summed E-state index contributed by atoms with van der Waals surface area (Å²) in [6.07, 6.45) is -6.61. The highest BCUT2D eigenvalue weighted by Crippen LogP contribution is 2.31. The number of alkyl halides is 3. The van der Waals surface area contributed by atoms with Gasteiger partial charge in [0.25, 0.3) is 0 Å². The zero-order valence-corrected chi connectivity index (χ0v) is 11.6. The maximum Gasteiger partial charge on any atom is 0.416 e. The number of halogens is 3. The minimum Gasteiger partial charge on any atom is -0.382 e. The number of nitrogens with zero attached hydrogens (tertiary/aromatic N) is 1. The van der Waals surface area contributed by atoms with Crippen LogP contribution in [0.15, 0.2) is 12.1 Å². The van der Waals surface area contributed by atoms with E-state index >= 15 is 0 Å². The van der Waals surface area contributed by atoms with Crippen LogP contribution >= 0.6 is 11.3 Å². The summed E-state index contributed by atoms with van der Waals surface area (Å²) in [4.78, 5) is 14.1. The van der Waals surface area contributed by atoms with Gasteiger partial charge in [-0.2, -0.15) is 13.2 Å². The molecule has 8 heteroatoms. The molecule has 2 atom stereocenters. The number of hydrogen-bond acceptors (Lipinski definition) is 3. The number of aliphatic hydroxyl groups excluding tert-OH is 1. The Morgan fingerprint density at radius 1 is 1.55 bits per heavy atom. The maximum atomic E-state index is 12.6. The van der Waals surface area contributed by atoms with E-state index in [1.807, 2.05) is 13.0 Å². The molecule has 112 valence electrons. The van der Waals surface area contributed by atoms with Gasteiger partial charge in [0.2, 0.25) is 0 Å². The van der Waals surface area contributed by atoms with Crippen molar-refractivity contribution >= 4 is 22.4 Å². The van der Waals surface area contributed by atoms with E-state index in [2.05, 4.69) is 5.32 Å². The molecular weight excluding hydrogens is 293 g/mol. The van der Waals surface area contributed by atoms with E-state index in [9.17, 15) is 23.1 Å². The summed E-state index contributed by atoms with van der Waals surface area (Å²) in [5.41, 5.74) is 0. The van der Waals surface area contributed by atoms with E-state index in [1.54, 1.807) is 6.07 Å². The first-order chi connectivity index (χ1) is 9.29. The van der Waals surface area contributed by atoms with E-state index in [0.717, 1.165) is 9.78 Å². The zero-order chi connectivity index (χ0) is 14.9. The van der Waals surface area contributed by atoms with E-state index in [4.69, 9.17) is 0 Å².